The molecule has 2 amide bonds. The molecule has 1 saturated carbocycles. The molecule has 0 radical (unpaired) electrons. The molecule has 0 bridgehead atoms. The first-order chi connectivity index (χ1) is 7.77. The van der Waals surface area contributed by atoms with Crippen LogP contribution in [0.3, 0.4) is 0 Å². The fraction of sp³-hybridized carbons (Fsp3) is 0.818. The summed E-state index contributed by atoms with van der Waals surface area (Å²) < 4.78 is 0. The zero-order valence-electron chi connectivity index (χ0n) is 9.83. The van der Waals surface area contributed by atoms with Gasteiger partial charge in [0.05, 0.1) is 6.04 Å². The lowest BCUT2D eigenvalue weighted by Crippen LogP contribution is -2.43. The highest BCUT2D eigenvalue weighted by molar-refractivity contribution is 5.85. The Morgan fingerprint density at radius 3 is 2.24 bits per heavy atom. The van der Waals surface area contributed by atoms with Gasteiger partial charge in [0.15, 0.2) is 0 Å². The van der Waals surface area contributed by atoms with Gasteiger partial charge in [-0.15, -0.1) is 12.4 Å². The van der Waals surface area contributed by atoms with Crippen molar-refractivity contribution in [3.8, 4) is 0 Å². The summed E-state index contributed by atoms with van der Waals surface area (Å²) in [4.78, 5) is 22.8. The molecule has 0 aromatic heterocycles. The molecule has 17 heavy (non-hydrogen) atoms. The van der Waals surface area contributed by atoms with Crippen LogP contribution in [-0.2, 0) is 9.59 Å². The van der Waals surface area contributed by atoms with Crippen molar-refractivity contribution in [3.05, 3.63) is 0 Å². The lowest BCUT2D eigenvalue weighted by Gasteiger charge is -2.11. The van der Waals surface area contributed by atoms with Gasteiger partial charge in [-0.05, 0) is 32.2 Å². The Morgan fingerprint density at radius 1 is 1.06 bits per heavy atom. The van der Waals surface area contributed by atoms with E-state index in [1.165, 1.54) is 0 Å². The third kappa shape index (κ3) is 4.52. The van der Waals surface area contributed by atoms with Crippen LogP contribution < -0.4 is 16.0 Å². The molecule has 3 N–H and O–H groups in total. The van der Waals surface area contributed by atoms with Crippen molar-refractivity contribution in [1.82, 2.24) is 16.0 Å². The van der Waals surface area contributed by atoms with Crippen LogP contribution in [-0.4, -0.2) is 37.5 Å². The summed E-state index contributed by atoms with van der Waals surface area (Å²) in [5, 5.41) is 8.77. The molecule has 0 aromatic carbocycles. The summed E-state index contributed by atoms with van der Waals surface area (Å²) in [6.45, 7) is 1.99. The molecule has 2 rings (SSSR count). The van der Waals surface area contributed by atoms with Gasteiger partial charge in [0.25, 0.3) is 0 Å². The van der Waals surface area contributed by atoms with Gasteiger partial charge in [0.2, 0.25) is 11.8 Å². The van der Waals surface area contributed by atoms with E-state index < -0.39 is 0 Å². The van der Waals surface area contributed by atoms with Gasteiger partial charge >= 0.3 is 0 Å². The predicted molar refractivity (Wildman–Crippen MR) is 67.0 cm³/mol. The van der Waals surface area contributed by atoms with Gasteiger partial charge in [0.1, 0.15) is 0 Å². The van der Waals surface area contributed by atoms with Crippen LogP contribution in [0.15, 0.2) is 0 Å². The smallest absolute Gasteiger partial charge is 0.237 e. The molecule has 0 spiro atoms. The highest BCUT2D eigenvalue weighted by Crippen LogP contribution is 2.28. The molecule has 2 fully saturated rings. The molecule has 1 aliphatic heterocycles. The molecule has 6 heteroatoms. The van der Waals surface area contributed by atoms with Gasteiger partial charge in [-0.25, -0.2) is 0 Å². The van der Waals surface area contributed by atoms with Crippen molar-refractivity contribution in [3.63, 3.8) is 0 Å². The maximum Gasteiger partial charge on any atom is 0.237 e. The first-order valence-corrected chi connectivity index (χ1v) is 6.06. The number of amides is 2. The zero-order valence-corrected chi connectivity index (χ0v) is 10.6. The maximum atomic E-state index is 11.5. The number of halogens is 1. The summed E-state index contributed by atoms with van der Waals surface area (Å²) in [6.07, 6.45) is 4.02. The van der Waals surface area contributed by atoms with Crippen molar-refractivity contribution in [2.45, 2.75) is 31.7 Å². The largest absolute Gasteiger partial charge is 0.354 e. The third-order valence-electron chi connectivity index (χ3n) is 3.05. The predicted octanol–water partition coefficient (Wildman–Crippen LogP) is -0.197. The number of hydrogen-bond acceptors (Lipinski definition) is 3. The van der Waals surface area contributed by atoms with Crippen LogP contribution in [0.1, 0.15) is 25.7 Å². The van der Waals surface area contributed by atoms with Gasteiger partial charge in [-0.1, -0.05) is 0 Å². The van der Waals surface area contributed by atoms with Crippen LogP contribution in [0, 0.1) is 5.92 Å². The van der Waals surface area contributed by atoms with Gasteiger partial charge < -0.3 is 16.0 Å². The second kappa shape index (κ2) is 6.81. The Labute approximate surface area is 108 Å². The van der Waals surface area contributed by atoms with Gasteiger partial charge in [-0.2, -0.15) is 0 Å². The molecule has 1 saturated heterocycles. The average Bonchev–Trinajstić information content (AvgIpc) is 2.99. The highest BCUT2D eigenvalue weighted by Gasteiger charge is 2.29. The number of hydrogen-bond donors (Lipinski definition) is 3. The van der Waals surface area contributed by atoms with E-state index in [0.29, 0.717) is 13.1 Å². The monoisotopic (exact) mass is 261 g/mol. The van der Waals surface area contributed by atoms with Crippen LogP contribution in [0.5, 0.6) is 0 Å². The quantitative estimate of drug-likeness (QED) is 0.601. The highest BCUT2D eigenvalue weighted by atomic mass is 35.5. The Kier molecular flexibility index (Phi) is 5.71. The van der Waals surface area contributed by atoms with Crippen molar-refractivity contribution < 1.29 is 9.59 Å². The summed E-state index contributed by atoms with van der Waals surface area (Å²) in [6, 6.07) is -0.0286. The lowest BCUT2D eigenvalue weighted by molar-refractivity contribution is -0.124. The number of rotatable bonds is 5. The van der Waals surface area contributed by atoms with E-state index in [1.54, 1.807) is 0 Å². The minimum Gasteiger partial charge on any atom is -0.354 e. The van der Waals surface area contributed by atoms with Crippen molar-refractivity contribution in [2.24, 2.45) is 5.92 Å². The van der Waals surface area contributed by atoms with Crippen LogP contribution in [0.4, 0.5) is 0 Å². The standard InChI is InChI=1S/C11H19N3O2.ClH/c15-10(8-3-4-8)13-6-7-14-11(16)9-2-1-5-12-9;/h8-9,12H,1-7H2,(H,13,15)(H,14,16);1H. The normalized spacial score (nSPS) is 22.7. The van der Waals surface area contributed by atoms with Gasteiger partial charge in [-0.3, -0.25) is 9.59 Å². The van der Waals surface area contributed by atoms with Crippen molar-refractivity contribution in [1.29, 1.82) is 0 Å². The van der Waals surface area contributed by atoms with E-state index in [-0.39, 0.29) is 36.2 Å². The molecule has 5 nitrogen and oxygen atoms in total. The van der Waals surface area contributed by atoms with E-state index in [1.807, 2.05) is 0 Å². The number of carbonyl (C=O) groups excluding carboxylic acids is 2. The average molecular weight is 262 g/mol. The lowest BCUT2D eigenvalue weighted by atomic mass is 10.2. The van der Waals surface area contributed by atoms with Gasteiger partial charge in [0, 0.05) is 19.0 Å². The first-order valence-electron chi connectivity index (χ1n) is 6.06. The first kappa shape index (κ1) is 14.3. The fourth-order valence-electron chi connectivity index (χ4n) is 1.89. The second-order valence-electron chi connectivity index (χ2n) is 4.51. The minimum absolute atomic E-state index is 0. The van der Waals surface area contributed by atoms with Crippen LogP contribution in [0.2, 0.25) is 0 Å². The molecular weight excluding hydrogens is 242 g/mol. The Morgan fingerprint density at radius 2 is 1.71 bits per heavy atom. The summed E-state index contributed by atoms with van der Waals surface area (Å²) in [5.41, 5.74) is 0. The molecule has 1 aliphatic carbocycles. The van der Waals surface area contributed by atoms with E-state index in [4.69, 9.17) is 0 Å². The molecule has 98 valence electrons. The zero-order chi connectivity index (χ0) is 11.4. The second-order valence-corrected chi connectivity index (χ2v) is 4.51. The minimum atomic E-state index is -0.0286. The topological polar surface area (TPSA) is 70.2 Å². The summed E-state index contributed by atoms with van der Waals surface area (Å²) in [7, 11) is 0. The summed E-state index contributed by atoms with van der Waals surface area (Å²) in [5.74, 6) is 0.429. The van der Waals surface area contributed by atoms with Crippen LogP contribution >= 0.6 is 12.4 Å². The number of nitrogens with one attached hydrogen (secondary N) is 3. The van der Waals surface area contributed by atoms with Crippen molar-refractivity contribution >= 4 is 24.2 Å². The third-order valence-corrected chi connectivity index (χ3v) is 3.05. The summed E-state index contributed by atoms with van der Waals surface area (Å²) >= 11 is 0. The fourth-order valence-corrected chi connectivity index (χ4v) is 1.89. The maximum absolute atomic E-state index is 11.5. The molecule has 1 atom stereocenters. The van der Waals surface area contributed by atoms with Crippen molar-refractivity contribution in [2.75, 3.05) is 19.6 Å². The molecule has 1 heterocycles. The van der Waals surface area contributed by atoms with E-state index in [0.717, 1.165) is 32.2 Å². The van der Waals surface area contributed by atoms with E-state index in [9.17, 15) is 9.59 Å². The van der Waals surface area contributed by atoms with E-state index >= 15 is 0 Å². The molecule has 0 aromatic rings. The molecule has 1 unspecified atom stereocenters. The Balaban J connectivity index is 0.00000144. The Hall–Kier alpha value is -0.810. The van der Waals surface area contributed by atoms with E-state index in [2.05, 4.69) is 16.0 Å². The SMILES string of the molecule is Cl.O=C(NCCNC(=O)C1CCCN1)C1CC1. The number of carbonyl (C=O) groups is 2. The molecular formula is C11H20ClN3O2. The molecule has 2 aliphatic rings. The Bertz CT molecular complexity index is 276. The van der Waals surface area contributed by atoms with Crippen LogP contribution in [0.25, 0.3) is 0 Å².